The third kappa shape index (κ3) is 4.11. The second-order valence-corrected chi connectivity index (χ2v) is 7.75. The Hall–Kier alpha value is -4.31. The van der Waals surface area contributed by atoms with Crippen LogP contribution in [-0.2, 0) is 0 Å². The van der Waals surface area contributed by atoms with Crippen LogP contribution < -0.4 is 14.3 Å². The lowest BCUT2D eigenvalue weighted by Gasteiger charge is -2.05. The van der Waals surface area contributed by atoms with E-state index in [-0.39, 0.29) is 18.0 Å². The number of thiazole rings is 1. The average Bonchev–Trinajstić information content (AvgIpc) is 3.44. The number of hydrogen-bond donors (Lipinski definition) is 0. The SMILES string of the molecule is O=[N+]([O-])c1cc2c(cc1C=Nn1c(-c3ccccc3F)csc1=Nc1ccccc1)OCO2. The molecule has 4 aromatic rings. The molecule has 1 aliphatic rings. The highest BCUT2D eigenvalue weighted by atomic mass is 32.1. The molecule has 0 atom stereocenters. The van der Waals surface area contributed by atoms with Gasteiger partial charge >= 0.3 is 0 Å². The molecule has 0 bridgehead atoms. The number of nitro groups is 1. The topological polar surface area (TPSA) is 91.2 Å². The summed E-state index contributed by atoms with van der Waals surface area (Å²) in [5.41, 5.74) is 1.52. The number of benzene rings is 3. The van der Waals surface area contributed by atoms with Gasteiger partial charge in [0.2, 0.25) is 11.6 Å². The molecule has 0 saturated heterocycles. The first-order valence-electron chi connectivity index (χ1n) is 9.78. The average molecular weight is 462 g/mol. The summed E-state index contributed by atoms with van der Waals surface area (Å²) < 4.78 is 26.6. The molecule has 0 aliphatic carbocycles. The molecular formula is C23H15FN4O4S. The quantitative estimate of drug-likeness (QED) is 0.234. The molecule has 33 heavy (non-hydrogen) atoms. The monoisotopic (exact) mass is 462 g/mol. The van der Waals surface area contributed by atoms with Gasteiger partial charge in [-0.15, -0.1) is 11.3 Å². The van der Waals surface area contributed by atoms with Crippen LogP contribution in [0.2, 0.25) is 0 Å². The maximum Gasteiger partial charge on any atom is 0.282 e. The van der Waals surface area contributed by atoms with Gasteiger partial charge in [0, 0.05) is 10.9 Å². The molecular weight excluding hydrogens is 447 g/mol. The van der Waals surface area contributed by atoms with E-state index in [2.05, 4.69) is 10.1 Å². The molecule has 0 spiro atoms. The predicted octanol–water partition coefficient (Wildman–Crippen LogP) is 5.11. The second kappa shape index (κ2) is 8.67. The summed E-state index contributed by atoms with van der Waals surface area (Å²) in [6.45, 7) is -0.0100. The third-order valence-electron chi connectivity index (χ3n) is 4.85. The van der Waals surface area contributed by atoms with Crippen LogP contribution >= 0.6 is 11.3 Å². The van der Waals surface area contributed by atoms with E-state index in [1.807, 2.05) is 30.3 Å². The molecule has 8 nitrogen and oxygen atoms in total. The van der Waals surface area contributed by atoms with Crippen LogP contribution in [0.5, 0.6) is 11.5 Å². The first kappa shape index (κ1) is 20.6. The lowest BCUT2D eigenvalue weighted by molar-refractivity contribution is -0.385. The Morgan fingerprint density at radius 1 is 1.06 bits per heavy atom. The smallest absolute Gasteiger partial charge is 0.282 e. The molecule has 0 fully saturated rings. The molecule has 5 rings (SSSR count). The van der Waals surface area contributed by atoms with E-state index in [0.29, 0.717) is 33.2 Å². The lowest BCUT2D eigenvalue weighted by atomic mass is 10.1. The summed E-state index contributed by atoms with van der Waals surface area (Å²) in [4.78, 5) is 16.2. The fourth-order valence-corrected chi connectivity index (χ4v) is 4.13. The normalized spacial score (nSPS) is 13.1. The molecule has 0 unspecified atom stereocenters. The highest BCUT2D eigenvalue weighted by molar-refractivity contribution is 7.07. The van der Waals surface area contributed by atoms with Crippen molar-refractivity contribution in [2.75, 3.05) is 6.79 Å². The molecule has 0 saturated carbocycles. The number of rotatable bonds is 5. The molecule has 10 heteroatoms. The maximum atomic E-state index is 14.6. The van der Waals surface area contributed by atoms with Crippen LogP contribution in [0.1, 0.15) is 5.56 Å². The Labute approximate surface area is 190 Å². The summed E-state index contributed by atoms with van der Waals surface area (Å²) in [5, 5.41) is 17.8. The summed E-state index contributed by atoms with van der Waals surface area (Å²) >= 11 is 1.28. The van der Waals surface area contributed by atoms with Gasteiger partial charge in [0.25, 0.3) is 5.69 Å². The lowest BCUT2D eigenvalue weighted by Crippen LogP contribution is -2.12. The molecule has 0 amide bonds. The van der Waals surface area contributed by atoms with Crippen LogP contribution in [-0.4, -0.2) is 22.6 Å². The molecule has 1 aliphatic heterocycles. The van der Waals surface area contributed by atoms with Crippen molar-refractivity contribution in [1.29, 1.82) is 0 Å². The van der Waals surface area contributed by atoms with Crippen molar-refractivity contribution in [3.63, 3.8) is 0 Å². The van der Waals surface area contributed by atoms with Crippen molar-refractivity contribution in [1.82, 2.24) is 4.68 Å². The zero-order chi connectivity index (χ0) is 22.8. The van der Waals surface area contributed by atoms with Crippen LogP contribution in [0.4, 0.5) is 15.8 Å². The van der Waals surface area contributed by atoms with Gasteiger partial charge in [0.05, 0.1) is 34.1 Å². The minimum atomic E-state index is -0.519. The molecule has 3 aromatic carbocycles. The van der Waals surface area contributed by atoms with Crippen LogP contribution in [0.3, 0.4) is 0 Å². The fourth-order valence-electron chi connectivity index (χ4n) is 3.28. The Kier molecular flexibility index (Phi) is 5.41. The van der Waals surface area contributed by atoms with Gasteiger partial charge in [-0.25, -0.2) is 14.1 Å². The van der Waals surface area contributed by atoms with Crippen LogP contribution in [0.25, 0.3) is 11.3 Å². The maximum absolute atomic E-state index is 14.6. The van der Waals surface area contributed by atoms with E-state index in [9.17, 15) is 14.5 Å². The van der Waals surface area contributed by atoms with Gasteiger partial charge in [-0.2, -0.15) is 5.10 Å². The van der Waals surface area contributed by atoms with Crippen molar-refractivity contribution in [3.8, 4) is 22.8 Å². The zero-order valence-corrected chi connectivity index (χ0v) is 17.7. The number of ether oxygens (including phenoxy) is 2. The molecule has 2 heterocycles. The standard InChI is InChI=1S/C23H15FN4O4S/c24-18-9-5-4-8-17(18)20-13-33-23(26-16-6-2-1-3-7-16)27(20)25-12-15-10-21-22(32-14-31-21)11-19(15)28(29)30/h1-13H,14H2. The molecule has 0 N–H and O–H groups in total. The Morgan fingerprint density at radius 2 is 1.79 bits per heavy atom. The van der Waals surface area contributed by atoms with E-state index in [0.717, 1.165) is 0 Å². The Balaban J connectivity index is 1.67. The fraction of sp³-hybridized carbons (Fsp3) is 0.0435. The second-order valence-electron chi connectivity index (χ2n) is 6.91. The van der Waals surface area contributed by atoms with E-state index in [1.54, 1.807) is 23.6 Å². The van der Waals surface area contributed by atoms with Gasteiger partial charge in [0.15, 0.2) is 11.5 Å². The molecule has 1 aromatic heterocycles. The molecule has 164 valence electrons. The number of aromatic nitrogens is 1. The van der Waals surface area contributed by atoms with Gasteiger partial charge in [-0.05, 0) is 30.3 Å². The summed E-state index contributed by atoms with van der Waals surface area (Å²) in [5.74, 6) is 0.273. The van der Waals surface area contributed by atoms with Crippen LogP contribution in [0, 0.1) is 15.9 Å². The zero-order valence-electron chi connectivity index (χ0n) is 16.9. The van der Waals surface area contributed by atoms with Crippen molar-refractivity contribution in [2.24, 2.45) is 10.1 Å². The summed E-state index contributed by atoms with van der Waals surface area (Å²) in [7, 11) is 0. The minimum Gasteiger partial charge on any atom is -0.454 e. The highest BCUT2D eigenvalue weighted by Gasteiger charge is 2.22. The van der Waals surface area contributed by atoms with E-state index < -0.39 is 10.7 Å². The largest absolute Gasteiger partial charge is 0.454 e. The Morgan fingerprint density at radius 3 is 2.55 bits per heavy atom. The number of nitro benzene ring substituents is 1. The van der Waals surface area contributed by atoms with Crippen molar-refractivity contribution < 1.29 is 18.8 Å². The third-order valence-corrected chi connectivity index (χ3v) is 5.66. The van der Waals surface area contributed by atoms with E-state index in [1.165, 1.54) is 40.4 Å². The first-order valence-corrected chi connectivity index (χ1v) is 10.7. The number of hydrogen-bond acceptors (Lipinski definition) is 7. The van der Waals surface area contributed by atoms with Crippen molar-refractivity contribution >= 4 is 28.9 Å². The minimum absolute atomic E-state index is 0.0100. The van der Waals surface area contributed by atoms with E-state index in [4.69, 9.17) is 9.47 Å². The van der Waals surface area contributed by atoms with Gasteiger partial charge in [0.1, 0.15) is 5.82 Å². The van der Waals surface area contributed by atoms with Crippen molar-refractivity contribution in [2.45, 2.75) is 0 Å². The number of fused-ring (bicyclic) bond motifs is 1. The molecule has 0 radical (unpaired) electrons. The summed E-state index contributed by atoms with van der Waals surface area (Å²) in [6.07, 6.45) is 1.33. The predicted molar refractivity (Wildman–Crippen MR) is 122 cm³/mol. The number of halogens is 1. The van der Waals surface area contributed by atoms with Gasteiger partial charge < -0.3 is 9.47 Å². The van der Waals surface area contributed by atoms with E-state index >= 15 is 0 Å². The van der Waals surface area contributed by atoms with Gasteiger partial charge in [-0.1, -0.05) is 30.3 Å². The van der Waals surface area contributed by atoms with Crippen molar-refractivity contribution in [3.05, 3.63) is 98.4 Å². The van der Waals surface area contributed by atoms with Gasteiger partial charge in [-0.3, -0.25) is 10.1 Å². The Bertz CT molecular complexity index is 1450. The number of nitrogens with zero attached hydrogens (tertiary/aromatic N) is 4. The number of para-hydroxylation sites is 1. The highest BCUT2D eigenvalue weighted by Crippen LogP contribution is 2.37. The first-order chi connectivity index (χ1) is 16.1. The summed E-state index contributed by atoms with van der Waals surface area (Å²) in [6, 6.07) is 18.4. The van der Waals surface area contributed by atoms with Crippen LogP contribution in [0.15, 0.2) is 82.2 Å².